The number of alkyl halides is 3. The number of hydrogen-bond acceptors (Lipinski definition) is 2. The number of carbonyl (C=O) groups is 1. The Kier molecular flexibility index (Phi) is 2.73. The predicted octanol–water partition coefficient (Wildman–Crippen LogP) is 2.75. The summed E-state index contributed by atoms with van der Waals surface area (Å²) in [6.45, 7) is 1.22. The molecule has 0 saturated heterocycles. The van der Waals surface area contributed by atoms with Gasteiger partial charge in [-0.25, -0.2) is 0 Å². The number of carbonyl (C=O) groups excluding carboxylic acids is 1. The molecule has 0 fully saturated rings. The van der Waals surface area contributed by atoms with Crippen molar-refractivity contribution in [3.05, 3.63) is 45.7 Å². The first-order chi connectivity index (χ1) is 8.30. The molecule has 0 unspecified atom stereocenters. The maximum absolute atomic E-state index is 12.5. The zero-order chi connectivity index (χ0) is 13.5. The van der Waals surface area contributed by atoms with E-state index < -0.39 is 23.0 Å². The Balaban J connectivity index is 2.73. The highest BCUT2D eigenvalue weighted by Crippen LogP contribution is 2.30. The SMILES string of the molecule is CC(=O)c1c[nH]c2cc(C(F)(F)F)ccc2c1=O. The van der Waals surface area contributed by atoms with Crippen molar-refractivity contribution < 1.29 is 18.0 Å². The fourth-order valence-corrected chi connectivity index (χ4v) is 1.66. The molecule has 0 bridgehead atoms. The van der Waals surface area contributed by atoms with Crippen molar-refractivity contribution in [1.82, 2.24) is 4.98 Å². The largest absolute Gasteiger partial charge is 0.416 e. The molecule has 94 valence electrons. The summed E-state index contributed by atoms with van der Waals surface area (Å²) in [6, 6.07) is 2.74. The van der Waals surface area contributed by atoms with E-state index in [0.29, 0.717) is 0 Å². The van der Waals surface area contributed by atoms with Crippen LogP contribution < -0.4 is 5.43 Å². The van der Waals surface area contributed by atoms with Crippen LogP contribution in [0.25, 0.3) is 10.9 Å². The summed E-state index contributed by atoms with van der Waals surface area (Å²) in [5.41, 5.74) is -1.42. The summed E-state index contributed by atoms with van der Waals surface area (Å²) >= 11 is 0. The van der Waals surface area contributed by atoms with Gasteiger partial charge in [-0.05, 0) is 25.1 Å². The van der Waals surface area contributed by atoms with E-state index in [1.54, 1.807) is 0 Å². The molecule has 2 rings (SSSR count). The summed E-state index contributed by atoms with van der Waals surface area (Å²) in [6.07, 6.45) is -3.34. The lowest BCUT2D eigenvalue weighted by molar-refractivity contribution is -0.137. The van der Waals surface area contributed by atoms with Gasteiger partial charge in [-0.3, -0.25) is 9.59 Å². The molecule has 1 aromatic heterocycles. The van der Waals surface area contributed by atoms with Crippen LogP contribution in [0.3, 0.4) is 0 Å². The normalized spacial score (nSPS) is 11.8. The fraction of sp³-hybridized carbons (Fsp3) is 0.167. The van der Waals surface area contributed by atoms with Gasteiger partial charge in [0.05, 0.1) is 11.1 Å². The second-order valence-corrected chi connectivity index (χ2v) is 3.85. The predicted molar refractivity (Wildman–Crippen MR) is 59.6 cm³/mol. The summed E-state index contributed by atoms with van der Waals surface area (Å²) in [5, 5.41) is 0.0655. The van der Waals surface area contributed by atoms with Gasteiger partial charge in [0.15, 0.2) is 11.2 Å². The Morgan fingerprint density at radius 2 is 1.94 bits per heavy atom. The quantitative estimate of drug-likeness (QED) is 0.796. The average molecular weight is 255 g/mol. The number of halogens is 3. The van der Waals surface area contributed by atoms with Crippen molar-refractivity contribution in [3.63, 3.8) is 0 Å². The number of aromatic amines is 1. The van der Waals surface area contributed by atoms with Crippen LogP contribution in [0, 0.1) is 0 Å². The van der Waals surface area contributed by atoms with Gasteiger partial charge in [0, 0.05) is 17.1 Å². The lowest BCUT2D eigenvalue weighted by atomic mass is 10.1. The number of rotatable bonds is 1. The highest BCUT2D eigenvalue weighted by atomic mass is 19.4. The summed E-state index contributed by atoms with van der Waals surface area (Å²) in [5.74, 6) is -0.432. The number of Topliss-reactive ketones (excluding diaryl/α,β-unsaturated/α-hetero) is 1. The Hall–Kier alpha value is -2.11. The van der Waals surface area contributed by atoms with Gasteiger partial charge in [-0.2, -0.15) is 13.2 Å². The van der Waals surface area contributed by atoms with E-state index in [-0.39, 0.29) is 16.5 Å². The first-order valence-electron chi connectivity index (χ1n) is 5.04. The van der Waals surface area contributed by atoms with Crippen molar-refractivity contribution in [2.24, 2.45) is 0 Å². The molecule has 1 N–H and O–H groups in total. The van der Waals surface area contributed by atoms with Gasteiger partial charge < -0.3 is 4.98 Å². The minimum atomic E-state index is -4.47. The molecule has 0 aliphatic heterocycles. The maximum atomic E-state index is 12.5. The number of ketones is 1. The van der Waals surface area contributed by atoms with Crippen LogP contribution in [-0.4, -0.2) is 10.8 Å². The van der Waals surface area contributed by atoms with E-state index in [4.69, 9.17) is 0 Å². The smallest absolute Gasteiger partial charge is 0.360 e. The third-order valence-electron chi connectivity index (χ3n) is 2.59. The average Bonchev–Trinajstić information content (AvgIpc) is 2.27. The van der Waals surface area contributed by atoms with Gasteiger partial charge in [0.25, 0.3) is 0 Å². The molecule has 0 spiro atoms. The minimum Gasteiger partial charge on any atom is -0.360 e. The van der Waals surface area contributed by atoms with Crippen molar-refractivity contribution in [1.29, 1.82) is 0 Å². The highest BCUT2D eigenvalue weighted by Gasteiger charge is 2.30. The molecule has 0 aliphatic carbocycles. The molecule has 0 atom stereocenters. The number of nitrogens with one attached hydrogen (secondary N) is 1. The monoisotopic (exact) mass is 255 g/mol. The fourth-order valence-electron chi connectivity index (χ4n) is 1.66. The van der Waals surface area contributed by atoms with Gasteiger partial charge in [-0.15, -0.1) is 0 Å². The second kappa shape index (κ2) is 3.97. The molecule has 0 radical (unpaired) electrons. The molecule has 18 heavy (non-hydrogen) atoms. The third kappa shape index (κ3) is 2.01. The molecular formula is C12H8F3NO2. The van der Waals surface area contributed by atoms with E-state index in [2.05, 4.69) is 4.98 Å². The molecule has 0 saturated carbocycles. The molecule has 0 aliphatic rings. The standard InChI is InChI=1S/C12H8F3NO2/c1-6(17)9-5-16-10-4-7(12(13,14)15)2-3-8(10)11(9)18/h2-5H,1H3,(H,16,18). The molecule has 2 aromatic rings. The van der Waals surface area contributed by atoms with E-state index in [1.165, 1.54) is 6.92 Å². The number of benzene rings is 1. The summed E-state index contributed by atoms with van der Waals surface area (Å²) < 4.78 is 37.4. The first kappa shape index (κ1) is 12.3. The lowest BCUT2D eigenvalue weighted by Gasteiger charge is -2.07. The number of pyridine rings is 1. The molecule has 0 amide bonds. The number of H-pyrrole nitrogens is 1. The Bertz CT molecular complexity index is 686. The van der Waals surface area contributed by atoms with Gasteiger partial charge in [0.1, 0.15) is 0 Å². The summed E-state index contributed by atoms with van der Waals surface area (Å²) in [7, 11) is 0. The van der Waals surface area contributed by atoms with E-state index >= 15 is 0 Å². The van der Waals surface area contributed by atoms with Crippen molar-refractivity contribution in [2.45, 2.75) is 13.1 Å². The molecule has 1 aromatic carbocycles. The van der Waals surface area contributed by atoms with Crippen LogP contribution >= 0.6 is 0 Å². The zero-order valence-corrected chi connectivity index (χ0v) is 9.26. The number of hydrogen-bond donors (Lipinski definition) is 1. The van der Waals surface area contributed by atoms with Crippen molar-refractivity contribution in [3.8, 4) is 0 Å². The van der Waals surface area contributed by atoms with E-state index in [0.717, 1.165) is 24.4 Å². The van der Waals surface area contributed by atoms with Crippen LogP contribution in [0.4, 0.5) is 13.2 Å². The van der Waals surface area contributed by atoms with Gasteiger partial charge >= 0.3 is 6.18 Å². The molecular weight excluding hydrogens is 247 g/mol. The molecule has 3 nitrogen and oxygen atoms in total. The zero-order valence-electron chi connectivity index (χ0n) is 9.26. The minimum absolute atomic E-state index is 0.0554. The van der Waals surface area contributed by atoms with Crippen LogP contribution in [0.1, 0.15) is 22.8 Å². The van der Waals surface area contributed by atoms with Crippen LogP contribution in [0.5, 0.6) is 0 Å². The van der Waals surface area contributed by atoms with Crippen molar-refractivity contribution >= 4 is 16.7 Å². The van der Waals surface area contributed by atoms with Crippen LogP contribution in [-0.2, 0) is 6.18 Å². The highest BCUT2D eigenvalue weighted by molar-refractivity contribution is 5.97. The Morgan fingerprint density at radius 3 is 2.50 bits per heavy atom. The molecule has 6 heteroatoms. The Labute approximate surface area is 99.2 Å². The topological polar surface area (TPSA) is 49.9 Å². The first-order valence-corrected chi connectivity index (χ1v) is 5.04. The van der Waals surface area contributed by atoms with Crippen LogP contribution in [0.15, 0.2) is 29.2 Å². The lowest BCUT2D eigenvalue weighted by Crippen LogP contribution is -2.14. The van der Waals surface area contributed by atoms with Gasteiger partial charge in [-0.1, -0.05) is 0 Å². The maximum Gasteiger partial charge on any atom is 0.416 e. The van der Waals surface area contributed by atoms with E-state index in [9.17, 15) is 22.8 Å². The third-order valence-corrected chi connectivity index (χ3v) is 2.59. The van der Waals surface area contributed by atoms with Crippen LogP contribution in [0.2, 0.25) is 0 Å². The number of fused-ring (bicyclic) bond motifs is 1. The van der Waals surface area contributed by atoms with E-state index in [1.807, 2.05) is 0 Å². The molecule has 1 heterocycles. The van der Waals surface area contributed by atoms with Crippen molar-refractivity contribution in [2.75, 3.05) is 0 Å². The number of aromatic nitrogens is 1. The van der Waals surface area contributed by atoms with Gasteiger partial charge in [0.2, 0.25) is 0 Å². The Morgan fingerprint density at radius 1 is 1.28 bits per heavy atom. The summed E-state index contributed by atoms with van der Waals surface area (Å²) in [4.78, 5) is 25.5. The second-order valence-electron chi connectivity index (χ2n) is 3.85.